The molecule has 0 amide bonds. The second kappa shape index (κ2) is 14.5. The Morgan fingerprint density at radius 3 is 1.59 bits per heavy atom. The zero-order valence-electron chi connectivity index (χ0n) is 34.6. The maximum Gasteiger partial charge on any atom is 0.164 e. The number of benzene rings is 10. The molecule has 13 rings (SSSR count). The average molecular weight is 816 g/mol. The summed E-state index contributed by atoms with van der Waals surface area (Å²) in [4.78, 5) is 16.1. The molecule has 3 heterocycles. The average Bonchev–Trinajstić information content (AvgIpc) is 3.88. The Kier molecular flexibility index (Phi) is 8.15. The van der Waals surface area contributed by atoms with Crippen LogP contribution >= 0.6 is 0 Å². The van der Waals surface area contributed by atoms with Gasteiger partial charge >= 0.3 is 0 Å². The lowest BCUT2D eigenvalue weighted by Gasteiger charge is -2.15. The van der Waals surface area contributed by atoms with Crippen LogP contribution in [0.15, 0.2) is 224 Å². The molecule has 0 fully saturated rings. The molecule has 64 heavy (non-hydrogen) atoms. The Morgan fingerprint density at radius 2 is 0.828 bits per heavy atom. The van der Waals surface area contributed by atoms with Crippen molar-refractivity contribution in [1.82, 2.24) is 24.1 Å². The Hall–Kier alpha value is -8.67. The van der Waals surface area contributed by atoms with Gasteiger partial charge in [0.1, 0.15) is 0 Å². The molecule has 0 unspecified atom stereocenters. The largest absolute Gasteiger partial charge is 0.309 e. The zero-order chi connectivity index (χ0) is 42.1. The summed E-state index contributed by atoms with van der Waals surface area (Å²) in [5, 5.41) is 9.32. The monoisotopic (exact) mass is 815 g/mol. The summed E-state index contributed by atoms with van der Waals surface area (Å²) < 4.78 is 4.76. The third-order valence-corrected chi connectivity index (χ3v) is 12.8. The Bertz CT molecular complexity index is 3940. The molecule has 298 valence electrons. The van der Waals surface area contributed by atoms with Gasteiger partial charge in [-0.1, -0.05) is 170 Å². The number of rotatable bonds is 6. The van der Waals surface area contributed by atoms with Gasteiger partial charge in [0.05, 0.1) is 27.8 Å². The van der Waals surface area contributed by atoms with Crippen LogP contribution in [0.1, 0.15) is 0 Å². The molecule has 0 atom stereocenters. The van der Waals surface area contributed by atoms with E-state index >= 15 is 0 Å². The van der Waals surface area contributed by atoms with Crippen LogP contribution in [0.25, 0.3) is 122 Å². The second-order valence-electron chi connectivity index (χ2n) is 16.4. The smallest absolute Gasteiger partial charge is 0.164 e. The molecule has 0 aliphatic heterocycles. The van der Waals surface area contributed by atoms with Crippen molar-refractivity contribution in [2.75, 3.05) is 0 Å². The van der Waals surface area contributed by atoms with Crippen LogP contribution in [0.5, 0.6) is 0 Å². The van der Waals surface area contributed by atoms with Crippen LogP contribution in [-0.2, 0) is 0 Å². The molecule has 0 bridgehead atoms. The van der Waals surface area contributed by atoms with Crippen LogP contribution in [0.3, 0.4) is 0 Å². The summed E-state index contributed by atoms with van der Waals surface area (Å²) in [6.07, 6.45) is 0. The van der Waals surface area contributed by atoms with E-state index in [4.69, 9.17) is 15.0 Å². The quantitative estimate of drug-likeness (QED) is 0.168. The van der Waals surface area contributed by atoms with Gasteiger partial charge in [0.25, 0.3) is 0 Å². The van der Waals surface area contributed by atoms with E-state index in [2.05, 4.69) is 228 Å². The molecule has 13 aromatic rings. The molecule has 0 aliphatic carbocycles. The lowest BCUT2D eigenvalue weighted by molar-refractivity contribution is 1.08. The molecule has 10 aromatic carbocycles. The SMILES string of the molecule is c1ccc(-c2ccc(-c3nc(-c4ccc(-n5c6ccccc6c6cc7ccccc7cc65)c5ccccc45)nc(-c4cccc5c4c4ccccc4n5-c4ccccc4)n3)cc2)cc1. The molecular weight excluding hydrogens is 779 g/mol. The highest BCUT2D eigenvalue weighted by Gasteiger charge is 2.22. The fraction of sp³-hybridized carbons (Fsp3) is 0. The van der Waals surface area contributed by atoms with Gasteiger partial charge < -0.3 is 9.13 Å². The number of aromatic nitrogens is 5. The predicted molar refractivity (Wildman–Crippen MR) is 265 cm³/mol. The van der Waals surface area contributed by atoms with Gasteiger partial charge in [-0.25, -0.2) is 15.0 Å². The van der Waals surface area contributed by atoms with Gasteiger partial charge in [-0.15, -0.1) is 0 Å². The van der Waals surface area contributed by atoms with Crippen molar-refractivity contribution in [3.63, 3.8) is 0 Å². The number of hydrogen-bond donors (Lipinski definition) is 0. The molecule has 0 saturated carbocycles. The van der Waals surface area contributed by atoms with E-state index < -0.39 is 0 Å². The van der Waals surface area contributed by atoms with Crippen LogP contribution in [-0.4, -0.2) is 24.1 Å². The van der Waals surface area contributed by atoms with Crippen molar-refractivity contribution in [1.29, 1.82) is 0 Å². The minimum atomic E-state index is 0.617. The summed E-state index contributed by atoms with van der Waals surface area (Å²) >= 11 is 0. The molecule has 0 saturated heterocycles. The number of nitrogens with zero attached hydrogens (tertiary/aromatic N) is 5. The number of fused-ring (bicyclic) bond motifs is 8. The molecule has 5 heteroatoms. The first kappa shape index (κ1) is 36.0. The van der Waals surface area contributed by atoms with E-state index in [9.17, 15) is 0 Å². The van der Waals surface area contributed by atoms with Gasteiger partial charge in [-0.3, -0.25) is 0 Å². The highest BCUT2D eigenvalue weighted by molar-refractivity contribution is 6.16. The van der Waals surface area contributed by atoms with Crippen molar-refractivity contribution in [2.24, 2.45) is 0 Å². The second-order valence-corrected chi connectivity index (χ2v) is 16.4. The molecular formula is C59H37N5. The molecule has 3 aromatic heterocycles. The van der Waals surface area contributed by atoms with Crippen molar-refractivity contribution < 1.29 is 0 Å². The first-order valence-corrected chi connectivity index (χ1v) is 21.7. The molecule has 0 N–H and O–H groups in total. The lowest BCUT2D eigenvalue weighted by Crippen LogP contribution is -2.02. The van der Waals surface area contributed by atoms with Crippen LogP contribution in [0.2, 0.25) is 0 Å². The molecule has 0 spiro atoms. The topological polar surface area (TPSA) is 48.5 Å². The highest BCUT2D eigenvalue weighted by atomic mass is 15.0. The normalized spacial score (nSPS) is 11.8. The summed E-state index contributed by atoms with van der Waals surface area (Å²) in [5.41, 5.74) is 11.9. The number of hydrogen-bond acceptors (Lipinski definition) is 3. The first-order valence-electron chi connectivity index (χ1n) is 21.7. The number of para-hydroxylation sites is 3. The van der Waals surface area contributed by atoms with E-state index in [1.54, 1.807) is 0 Å². The van der Waals surface area contributed by atoms with Gasteiger partial charge in [-0.2, -0.15) is 0 Å². The Morgan fingerprint density at radius 1 is 0.281 bits per heavy atom. The summed E-state index contributed by atoms with van der Waals surface area (Å²) in [7, 11) is 0. The molecule has 0 aliphatic rings. The maximum atomic E-state index is 5.44. The zero-order valence-corrected chi connectivity index (χ0v) is 34.6. The predicted octanol–water partition coefficient (Wildman–Crippen LogP) is 15.0. The van der Waals surface area contributed by atoms with E-state index in [1.807, 2.05) is 6.07 Å². The molecule has 5 nitrogen and oxygen atoms in total. The van der Waals surface area contributed by atoms with E-state index in [-0.39, 0.29) is 0 Å². The van der Waals surface area contributed by atoms with Gasteiger partial charge in [-0.05, 0) is 81.9 Å². The van der Waals surface area contributed by atoms with Crippen molar-refractivity contribution in [3.05, 3.63) is 224 Å². The maximum absolute atomic E-state index is 5.44. The lowest BCUT2D eigenvalue weighted by atomic mass is 10.0. The first-order chi connectivity index (χ1) is 31.7. The van der Waals surface area contributed by atoms with Crippen molar-refractivity contribution in [3.8, 4) is 56.7 Å². The van der Waals surface area contributed by atoms with Crippen molar-refractivity contribution in [2.45, 2.75) is 0 Å². The summed E-state index contributed by atoms with van der Waals surface area (Å²) in [5.74, 6) is 1.86. The third kappa shape index (κ3) is 5.68. The van der Waals surface area contributed by atoms with E-state index in [1.165, 1.54) is 27.1 Å². The minimum Gasteiger partial charge on any atom is -0.309 e. The van der Waals surface area contributed by atoms with Crippen LogP contribution in [0, 0.1) is 0 Å². The van der Waals surface area contributed by atoms with E-state index in [0.717, 1.165) is 77.3 Å². The fourth-order valence-electron chi connectivity index (χ4n) is 9.84. The van der Waals surface area contributed by atoms with Gasteiger partial charge in [0, 0.05) is 49.3 Å². The van der Waals surface area contributed by atoms with Crippen LogP contribution < -0.4 is 0 Å². The van der Waals surface area contributed by atoms with Crippen LogP contribution in [0.4, 0.5) is 0 Å². The summed E-state index contributed by atoms with van der Waals surface area (Å²) in [6.45, 7) is 0. The Balaban J connectivity index is 1.05. The highest BCUT2D eigenvalue weighted by Crippen LogP contribution is 2.41. The molecule has 0 radical (unpaired) electrons. The Labute approximate surface area is 368 Å². The summed E-state index contributed by atoms with van der Waals surface area (Å²) in [6, 6.07) is 79.8. The van der Waals surface area contributed by atoms with E-state index in [0.29, 0.717) is 17.5 Å². The standard InChI is InChI=1S/C59H37N5/c1-3-16-38(17-4-1)39-30-32-40(33-31-39)57-60-58(62-59(61-57)49-26-15-29-54-56(49)48-25-12-14-28-52(48)63(54)43-20-5-2-6-21-43)47-34-35-53(45-23-10-9-22-44(45)47)64-51-27-13-11-24-46(51)50-36-41-18-7-8-19-42(41)37-55(50)64/h1-37H. The minimum absolute atomic E-state index is 0.617. The third-order valence-electron chi connectivity index (χ3n) is 12.8. The van der Waals surface area contributed by atoms with Crippen molar-refractivity contribution >= 4 is 65.2 Å². The van der Waals surface area contributed by atoms with Gasteiger partial charge in [0.2, 0.25) is 0 Å². The fourth-order valence-corrected chi connectivity index (χ4v) is 9.84. The van der Waals surface area contributed by atoms with Gasteiger partial charge in [0.15, 0.2) is 17.5 Å².